The van der Waals surface area contributed by atoms with Gasteiger partial charge >= 0.3 is 0 Å². The predicted octanol–water partition coefficient (Wildman–Crippen LogP) is -0.0424. The molecule has 4 atom stereocenters. The lowest BCUT2D eigenvalue weighted by molar-refractivity contribution is -0.142. The number of morpholine rings is 1. The van der Waals surface area contributed by atoms with Gasteiger partial charge in [-0.15, -0.1) is 0 Å². The molecule has 1 aromatic carbocycles. The number of hydrogen-bond donors (Lipinski definition) is 5. The summed E-state index contributed by atoms with van der Waals surface area (Å²) in [6.45, 7) is 3.07. The molecule has 6 N–H and O–H groups in total. The van der Waals surface area contributed by atoms with Crippen molar-refractivity contribution in [2.24, 2.45) is 11.7 Å². The molecule has 44 heavy (non-hydrogen) atoms. The number of aromatic hydroxyl groups is 1. The summed E-state index contributed by atoms with van der Waals surface area (Å²) in [6.07, 6.45) is 5.42. The second kappa shape index (κ2) is 14.5. The fourth-order valence-electron chi connectivity index (χ4n) is 5.91. The van der Waals surface area contributed by atoms with Crippen LogP contribution in [0, 0.1) is 5.92 Å². The molecular formula is C31H44N4O9. The number of rotatable bonds is 15. The predicted molar refractivity (Wildman–Crippen MR) is 159 cm³/mol. The third-order valence-corrected chi connectivity index (χ3v) is 8.68. The van der Waals surface area contributed by atoms with Crippen LogP contribution in [0.3, 0.4) is 0 Å². The Labute approximate surface area is 257 Å². The Kier molecular flexibility index (Phi) is 11.0. The van der Waals surface area contributed by atoms with Gasteiger partial charge in [-0.25, -0.2) is 0 Å². The van der Waals surface area contributed by atoms with Gasteiger partial charge in [0.05, 0.1) is 46.0 Å². The van der Waals surface area contributed by atoms with Gasteiger partial charge in [-0.05, 0) is 56.7 Å². The summed E-state index contributed by atoms with van der Waals surface area (Å²) in [5.74, 6) is -3.89. The Hall–Kier alpha value is -3.52. The number of aliphatic hydroxyl groups excluding tert-OH is 1. The average molecular weight is 617 g/mol. The number of amides is 3. The summed E-state index contributed by atoms with van der Waals surface area (Å²) in [6, 6.07) is 3.07. The molecular weight excluding hydrogens is 572 g/mol. The number of nitrogens with one attached hydrogen (secondary N) is 2. The highest BCUT2D eigenvalue weighted by atomic mass is 16.6. The first-order valence-corrected chi connectivity index (χ1v) is 15.1. The van der Waals surface area contributed by atoms with E-state index in [1.807, 2.05) is 4.90 Å². The number of methoxy groups -OCH3 is 1. The van der Waals surface area contributed by atoms with Gasteiger partial charge in [0, 0.05) is 19.5 Å². The van der Waals surface area contributed by atoms with E-state index in [0.29, 0.717) is 31.9 Å². The number of benzene rings is 1. The molecule has 1 aromatic rings. The van der Waals surface area contributed by atoms with Gasteiger partial charge in [0.25, 0.3) is 0 Å². The number of carbonyl (C=O) groups is 4. The molecule has 4 rings (SSSR count). The van der Waals surface area contributed by atoms with Gasteiger partial charge in [-0.2, -0.15) is 0 Å². The van der Waals surface area contributed by atoms with Gasteiger partial charge in [-0.1, -0.05) is 17.7 Å². The lowest BCUT2D eigenvalue weighted by atomic mass is 9.69. The van der Waals surface area contributed by atoms with Crippen molar-refractivity contribution < 1.29 is 43.6 Å². The number of epoxide rings is 1. The maximum Gasteiger partial charge on any atom is 0.245 e. The number of carbonyl (C=O) groups excluding carboxylic acids is 4. The number of allylic oxidation sites excluding steroid dienone is 2. The molecule has 2 fully saturated rings. The van der Waals surface area contributed by atoms with E-state index in [2.05, 4.69) is 16.7 Å². The van der Waals surface area contributed by atoms with Crippen molar-refractivity contribution in [1.82, 2.24) is 15.5 Å². The largest absolute Gasteiger partial charge is 0.504 e. The van der Waals surface area contributed by atoms with E-state index in [0.717, 1.165) is 31.3 Å². The summed E-state index contributed by atoms with van der Waals surface area (Å²) < 4.78 is 16.0. The highest BCUT2D eigenvalue weighted by molar-refractivity contribution is 6.02. The smallest absolute Gasteiger partial charge is 0.245 e. The molecule has 2 heterocycles. The lowest BCUT2D eigenvalue weighted by Crippen LogP contribution is -2.68. The van der Waals surface area contributed by atoms with Gasteiger partial charge in [0.2, 0.25) is 17.7 Å². The molecule has 0 saturated carbocycles. The van der Waals surface area contributed by atoms with E-state index in [1.54, 1.807) is 13.0 Å². The number of phenols is 1. The highest BCUT2D eigenvalue weighted by Gasteiger charge is 2.58. The number of aliphatic hydroxyl groups is 1. The Bertz CT molecular complexity index is 1260. The lowest BCUT2D eigenvalue weighted by Gasteiger charge is -2.40. The van der Waals surface area contributed by atoms with E-state index in [-0.39, 0.29) is 37.5 Å². The van der Waals surface area contributed by atoms with Gasteiger partial charge < -0.3 is 40.8 Å². The number of nitrogens with two attached hydrogens (primary N) is 1. The SMILES string of the molecule is COc1ccc(CC(NC(=O)[C@H](CO)NC(=O)CN2CCOCC2)(C(N)=O)[C@H](CC2=CCCCC2)C(=O)[C@@]2(C)CO2)cc1O. The molecule has 3 amide bonds. The number of nitrogens with zero attached hydrogens (tertiary/aromatic N) is 1. The van der Waals surface area contributed by atoms with Crippen LogP contribution in [0.15, 0.2) is 29.8 Å². The topological polar surface area (TPSA) is 193 Å². The van der Waals surface area contributed by atoms with Crippen molar-refractivity contribution in [3.05, 3.63) is 35.4 Å². The van der Waals surface area contributed by atoms with Crippen molar-refractivity contribution in [3.8, 4) is 11.5 Å². The number of ether oxygens (including phenoxy) is 3. The minimum absolute atomic E-state index is 0.00974. The van der Waals surface area contributed by atoms with Crippen LogP contribution in [-0.2, 0) is 35.1 Å². The zero-order valence-corrected chi connectivity index (χ0v) is 25.4. The third-order valence-electron chi connectivity index (χ3n) is 8.68. The summed E-state index contributed by atoms with van der Waals surface area (Å²) >= 11 is 0. The number of primary amides is 1. The van der Waals surface area contributed by atoms with Crippen LogP contribution in [0.4, 0.5) is 0 Å². The summed E-state index contributed by atoms with van der Waals surface area (Å²) in [7, 11) is 1.40. The van der Waals surface area contributed by atoms with E-state index in [4.69, 9.17) is 19.9 Å². The van der Waals surface area contributed by atoms with Crippen LogP contribution in [0.1, 0.15) is 44.6 Å². The molecule has 1 unspecified atom stereocenters. The number of hydrogen-bond acceptors (Lipinski definition) is 10. The first-order chi connectivity index (χ1) is 21.0. The normalized spacial score (nSPS) is 22.9. The molecule has 3 aliphatic rings. The van der Waals surface area contributed by atoms with Crippen molar-refractivity contribution in [1.29, 1.82) is 0 Å². The van der Waals surface area contributed by atoms with Gasteiger partial charge in [0.15, 0.2) is 17.3 Å². The summed E-state index contributed by atoms with van der Waals surface area (Å²) in [4.78, 5) is 56.2. The van der Waals surface area contributed by atoms with E-state index >= 15 is 0 Å². The van der Waals surface area contributed by atoms with Crippen molar-refractivity contribution in [2.45, 2.75) is 62.6 Å². The van der Waals surface area contributed by atoms with E-state index in [9.17, 15) is 29.4 Å². The standard InChI is InChI=1S/C31H44N4O9/c1-30(19-44-30)27(39)22(14-20-6-4-3-5-7-20)31(29(32)41,16-21-8-9-25(42-2)24(37)15-21)34-28(40)23(18-36)33-26(38)17-35-10-12-43-13-11-35/h6,8-9,15,22-23,36-37H,3-5,7,10-14,16-19H2,1-2H3,(H2,32,41)(H,33,38)(H,34,40)/t22-,23+,30-,31?/m1/s1. The third kappa shape index (κ3) is 7.95. The second-order valence-corrected chi connectivity index (χ2v) is 11.9. The Morgan fingerprint density at radius 1 is 1.20 bits per heavy atom. The zero-order valence-electron chi connectivity index (χ0n) is 25.4. The van der Waals surface area contributed by atoms with Crippen LogP contribution < -0.4 is 21.1 Å². The molecule has 0 aromatic heterocycles. The quantitative estimate of drug-likeness (QED) is 0.132. The molecule has 13 heteroatoms. The molecule has 0 spiro atoms. The maximum atomic E-state index is 14.1. The second-order valence-electron chi connectivity index (χ2n) is 11.9. The monoisotopic (exact) mass is 616 g/mol. The Morgan fingerprint density at radius 3 is 2.50 bits per heavy atom. The van der Waals surface area contributed by atoms with E-state index in [1.165, 1.54) is 19.2 Å². The molecule has 0 radical (unpaired) electrons. The summed E-state index contributed by atoms with van der Waals surface area (Å²) in [5, 5.41) is 25.9. The fourth-order valence-corrected chi connectivity index (χ4v) is 5.91. The summed E-state index contributed by atoms with van der Waals surface area (Å²) in [5.41, 5.74) is 4.31. The van der Waals surface area contributed by atoms with Gasteiger partial charge in [0.1, 0.15) is 17.2 Å². The highest BCUT2D eigenvalue weighted by Crippen LogP contribution is 2.40. The molecule has 1 aliphatic carbocycles. The minimum atomic E-state index is -2.01. The molecule has 242 valence electrons. The average Bonchev–Trinajstić information content (AvgIpc) is 3.77. The molecule has 13 nitrogen and oxygen atoms in total. The van der Waals surface area contributed by atoms with Gasteiger partial charge in [-0.3, -0.25) is 24.1 Å². The number of Topliss-reactive ketones (excluding diaryl/α,β-unsaturated/α-hetero) is 1. The van der Waals surface area contributed by atoms with Crippen LogP contribution in [0.5, 0.6) is 11.5 Å². The Morgan fingerprint density at radius 2 is 1.93 bits per heavy atom. The Balaban J connectivity index is 1.70. The molecule has 2 saturated heterocycles. The fraction of sp³-hybridized carbons (Fsp3) is 0.613. The first-order valence-electron chi connectivity index (χ1n) is 15.1. The van der Waals surface area contributed by atoms with Crippen LogP contribution >= 0.6 is 0 Å². The molecule has 2 aliphatic heterocycles. The van der Waals surface area contributed by atoms with Crippen LogP contribution in [0.25, 0.3) is 0 Å². The number of phenolic OH excluding ortho intramolecular Hbond substituents is 1. The maximum absolute atomic E-state index is 14.1. The van der Waals surface area contributed by atoms with Crippen LogP contribution in [-0.4, -0.2) is 109 Å². The number of ketones is 1. The zero-order chi connectivity index (χ0) is 31.9. The van der Waals surface area contributed by atoms with Crippen molar-refractivity contribution in [2.75, 3.05) is 53.2 Å². The minimum Gasteiger partial charge on any atom is -0.504 e. The van der Waals surface area contributed by atoms with E-state index < -0.39 is 53.2 Å². The molecule has 0 bridgehead atoms. The van der Waals surface area contributed by atoms with Crippen molar-refractivity contribution in [3.63, 3.8) is 0 Å². The van der Waals surface area contributed by atoms with Crippen LogP contribution in [0.2, 0.25) is 0 Å². The van der Waals surface area contributed by atoms with Crippen molar-refractivity contribution >= 4 is 23.5 Å². The first kappa shape index (κ1) is 33.4.